The van der Waals surface area contributed by atoms with Gasteiger partial charge < -0.3 is 0 Å². The summed E-state index contributed by atoms with van der Waals surface area (Å²) in [5.74, 6) is 6.81. The van der Waals surface area contributed by atoms with E-state index in [4.69, 9.17) is 0 Å². The second kappa shape index (κ2) is 10.8. The predicted molar refractivity (Wildman–Crippen MR) is 105 cm³/mol. The van der Waals surface area contributed by atoms with Gasteiger partial charge in [-0.15, -0.1) is 11.8 Å². The topological polar surface area (TPSA) is 24.7 Å². The molecule has 0 aliphatic heterocycles. The molecule has 0 aliphatic carbocycles. The van der Waals surface area contributed by atoms with Crippen LogP contribution in [0, 0.1) is 23.7 Å². The summed E-state index contributed by atoms with van der Waals surface area (Å²) in [6.45, 7) is 22.4. The highest BCUT2D eigenvalue weighted by molar-refractivity contribution is 6.41. The van der Waals surface area contributed by atoms with Crippen LogP contribution in [0.3, 0.4) is 0 Å². The summed E-state index contributed by atoms with van der Waals surface area (Å²) < 4.78 is 0. The van der Waals surface area contributed by atoms with E-state index in [0.717, 1.165) is 41.2 Å². The highest BCUT2D eigenvalue weighted by Gasteiger charge is 2.07. The Morgan fingerprint density at radius 2 is 1.61 bits per heavy atom. The Kier molecular flexibility index (Phi) is 9.90. The third kappa shape index (κ3) is 8.98. The van der Waals surface area contributed by atoms with Gasteiger partial charge in [-0.3, -0.25) is 9.98 Å². The van der Waals surface area contributed by atoms with Crippen molar-refractivity contribution in [2.24, 2.45) is 21.8 Å². The van der Waals surface area contributed by atoms with Crippen LogP contribution < -0.4 is 0 Å². The molecule has 0 aromatic rings. The molecule has 126 valence electrons. The summed E-state index contributed by atoms with van der Waals surface area (Å²) >= 11 is 0. The first-order valence-corrected chi connectivity index (χ1v) is 8.26. The molecule has 23 heavy (non-hydrogen) atoms. The molecule has 0 heterocycles. The first kappa shape index (κ1) is 21.1. The Morgan fingerprint density at radius 3 is 2.13 bits per heavy atom. The Balaban J connectivity index is 4.94. The third-order valence-electron chi connectivity index (χ3n) is 3.62. The van der Waals surface area contributed by atoms with Gasteiger partial charge in [0.25, 0.3) is 0 Å². The fourth-order valence-corrected chi connectivity index (χ4v) is 1.95. The lowest BCUT2D eigenvalue weighted by Gasteiger charge is -2.11. The van der Waals surface area contributed by atoms with E-state index in [9.17, 15) is 0 Å². The summed E-state index contributed by atoms with van der Waals surface area (Å²) in [6, 6.07) is 0. The van der Waals surface area contributed by atoms with Crippen molar-refractivity contribution < 1.29 is 0 Å². The average Bonchev–Trinajstić information content (AvgIpc) is 2.46. The normalized spacial score (nSPS) is 14.3. The maximum absolute atomic E-state index is 4.61. The molecule has 0 aromatic carbocycles. The first-order valence-electron chi connectivity index (χ1n) is 8.26. The van der Waals surface area contributed by atoms with Crippen molar-refractivity contribution in [3.05, 3.63) is 36.2 Å². The quantitative estimate of drug-likeness (QED) is 0.299. The fraction of sp³-hybridized carbons (Fsp3) is 0.524. The highest BCUT2D eigenvalue weighted by atomic mass is 14.8. The van der Waals surface area contributed by atoms with Gasteiger partial charge in [0.2, 0.25) is 0 Å². The number of nitrogens with zero attached hydrogens (tertiary/aromatic N) is 2. The summed E-state index contributed by atoms with van der Waals surface area (Å²) in [5, 5.41) is 0. The zero-order valence-electron chi connectivity index (χ0n) is 16.0. The average molecular weight is 313 g/mol. The largest absolute Gasteiger partial charge is 0.257 e. The van der Waals surface area contributed by atoms with Crippen LogP contribution in [0.25, 0.3) is 0 Å². The molecule has 0 spiro atoms. The lowest BCUT2D eigenvalue weighted by molar-refractivity contribution is 0.624. The fourth-order valence-electron chi connectivity index (χ4n) is 1.95. The van der Waals surface area contributed by atoms with Gasteiger partial charge in [0.15, 0.2) is 0 Å². The van der Waals surface area contributed by atoms with E-state index in [1.54, 1.807) is 0 Å². The minimum atomic E-state index is 0.323. The molecular formula is C21H32N2. The lowest BCUT2D eigenvalue weighted by atomic mass is 10.0. The maximum atomic E-state index is 4.61. The van der Waals surface area contributed by atoms with Crippen molar-refractivity contribution in [3.63, 3.8) is 0 Å². The Morgan fingerprint density at radius 1 is 1.04 bits per heavy atom. The second-order valence-electron chi connectivity index (χ2n) is 6.29. The Bertz CT molecular complexity index is 575. The van der Waals surface area contributed by atoms with Crippen molar-refractivity contribution in [2.45, 2.75) is 61.3 Å². The standard InChI is InChI=1S/C21H32N2/c1-10-11-12-13-16(4)18(6)22-20(8)21(9)23-19(7)17(5)14-15(2)3/h14-16H,6-7,12-13H2,1-5,8-9H3/b17-14-,22-20?,23-21?. The molecule has 0 N–H and O–H groups in total. The molecule has 0 aliphatic rings. The van der Waals surface area contributed by atoms with Gasteiger partial charge in [-0.05, 0) is 51.5 Å². The van der Waals surface area contributed by atoms with E-state index >= 15 is 0 Å². The summed E-state index contributed by atoms with van der Waals surface area (Å²) in [5.41, 5.74) is 4.56. The van der Waals surface area contributed by atoms with E-state index in [0.29, 0.717) is 11.8 Å². The van der Waals surface area contributed by atoms with Crippen LogP contribution in [0.5, 0.6) is 0 Å². The molecule has 2 heteroatoms. The lowest BCUT2D eigenvalue weighted by Crippen LogP contribution is -2.08. The Labute approximate surface area is 143 Å². The number of hydrogen-bond acceptors (Lipinski definition) is 2. The zero-order valence-corrected chi connectivity index (χ0v) is 16.0. The number of allylic oxidation sites excluding steroid dienone is 3. The van der Waals surface area contributed by atoms with Gasteiger partial charge in [-0.25, -0.2) is 0 Å². The molecule has 0 aromatic heterocycles. The minimum absolute atomic E-state index is 0.323. The van der Waals surface area contributed by atoms with Gasteiger partial charge in [0, 0.05) is 12.1 Å². The molecule has 1 unspecified atom stereocenters. The van der Waals surface area contributed by atoms with Crippen LogP contribution in [-0.2, 0) is 0 Å². The van der Waals surface area contributed by atoms with E-state index < -0.39 is 0 Å². The van der Waals surface area contributed by atoms with Crippen molar-refractivity contribution in [1.82, 2.24) is 0 Å². The molecule has 0 bridgehead atoms. The van der Waals surface area contributed by atoms with Crippen molar-refractivity contribution in [2.75, 3.05) is 0 Å². The van der Waals surface area contributed by atoms with Crippen LogP contribution in [0.15, 0.2) is 46.2 Å². The van der Waals surface area contributed by atoms with Crippen LogP contribution in [0.4, 0.5) is 0 Å². The first-order chi connectivity index (χ1) is 10.7. The zero-order chi connectivity index (χ0) is 18.0. The van der Waals surface area contributed by atoms with Crippen LogP contribution in [0.2, 0.25) is 0 Å². The van der Waals surface area contributed by atoms with Gasteiger partial charge in [0.05, 0.1) is 17.1 Å². The van der Waals surface area contributed by atoms with Gasteiger partial charge in [-0.2, -0.15) is 0 Å². The smallest absolute Gasteiger partial charge is 0.0591 e. The van der Waals surface area contributed by atoms with Crippen molar-refractivity contribution in [1.29, 1.82) is 0 Å². The van der Waals surface area contributed by atoms with Crippen LogP contribution in [-0.4, -0.2) is 11.4 Å². The number of hydrogen-bond donors (Lipinski definition) is 0. The number of rotatable bonds is 8. The van der Waals surface area contributed by atoms with E-state index in [1.807, 2.05) is 27.7 Å². The predicted octanol–water partition coefficient (Wildman–Crippen LogP) is 5.98. The Hall–Kier alpha value is -1.88. The van der Waals surface area contributed by atoms with E-state index in [2.05, 4.69) is 61.8 Å². The van der Waals surface area contributed by atoms with Gasteiger partial charge >= 0.3 is 0 Å². The van der Waals surface area contributed by atoms with Gasteiger partial charge in [-0.1, -0.05) is 40.0 Å². The van der Waals surface area contributed by atoms with E-state index in [1.165, 1.54) is 0 Å². The molecule has 0 fully saturated rings. The molecule has 1 atom stereocenters. The van der Waals surface area contributed by atoms with Crippen molar-refractivity contribution >= 4 is 11.4 Å². The van der Waals surface area contributed by atoms with Gasteiger partial charge in [0.1, 0.15) is 0 Å². The van der Waals surface area contributed by atoms with E-state index in [-0.39, 0.29) is 0 Å². The summed E-state index contributed by atoms with van der Waals surface area (Å²) in [6.07, 6.45) is 4.03. The van der Waals surface area contributed by atoms with Crippen LogP contribution >= 0.6 is 0 Å². The second-order valence-corrected chi connectivity index (χ2v) is 6.29. The molecule has 0 saturated carbocycles. The molecule has 0 radical (unpaired) electrons. The third-order valence-corrected chi connectivity index (χ3v) is 3.62. The SMILES string of the molecule is C=C(N=C(C)C(C)=NC(=C)C(C)CCC#CC)/C(C)=C\C(C)C. The monoisotopic (exact) mass is 312 g/mol. The molecule has 0 rings (SSSR count). The highest BCUT2D eigenvalue weighted by Crippen LogP contribution is 2.17. The summed E-state index contributed by atoms with van der Waals surface area (Å²) in [7, 11) is 0. The minimum Gasteiger partial charge on any atom is -0.257 e. The van der Waals surface area contributed by atoms with Crippen molar-refractivity contribution in [3.8, 4) is 11.8 Å². The molecule has 0 saturated heterocycles. The maximum Gasteiger partial charge on any atom is 0.0591 e. The molecule has 2 nitrogen and oxygen atoms in total. The number of aliphatic imine (C=N–C) groups is 2. The molecule has 0 amide bonds. The summed E-state index contributed by atoms with van der Waals surface area (Å²) in [4.78, 5) is 9.19. The van der Waals surface area contributed by atoms with Crippen LogP contribution in [0.1, 0.15) is 61.3 Å². The molecular weight excluding hydrogens is 280 g/mol.